The molecule has 0 saturated carbocycles. The monoisotopic (exact) mass is 390 g/mol. The summed E-state index contributed by atoms with van der Waals surface area (Å²) in [7, 11) is 0. The molecule has 1 aliphatic rings. The number of hydrogen-bond donors (Lipinski definition) is 1. The summed E-state index contributed by atoms with van der Waals surface area (Å²) in [6.07, 6.45) is 3.42. The summed E-state index contributed by atoms with van der Waals surface area (Å²) >= 11 is 1.42. The van der Waals surface area contributed by atoms with Gasteiger partial charge in [-0.3, -0.25) is 9.59 Å². The highest BCUT2D eigenvalue weighted by Gasteiger charge is 2.20. The van der Waals surface area contributed by atoms with Gasteiger partial charge in [0.1, 0.15) is 0 Å². The number of nitrogens with zero attached hydrogens (tertiary/aromatic N) is 1. The minimum atomic E-state index is -0.00268. The lowest BCUT2D eigenvalue weighted by Crippen LogP contribution is -2.37. The van der Waals surface area contributed by atoms with Crippen LogP contribution in [0.2, 0.25) is 0 Å². The molecule has 1 atom stereocenters. The number of benzene rings is 1. The first-order valence-electron chi connectivity index (χ1n) is 10.1. The van der Waals surface area contributed by atoms with Crippen molar-refractivity contribution in [2.24, 2.45) is 5.92 Å². The van der Waals surface area contributed by atoms with Crippen LogP contribution >= 0.6 is 11.8 Å². The summed E-state index contributed by atoms with van der Waals surface area (Å²) in [4.78, 5) is 26.5. The molecule has 0 aliphatic carbocycles. The second kappa shape index (κ2) is 10.7. The van der Waals surface area contributed by atoms with E-state index in [9.17, 15) is 9.59 Å². The first-order chi connectivity index (χ1) is 12.9. The molecule has 150 valence electrons. The molecule has 1 aromatic rings. The first-order valence-corrected chi connectivity index (χ1v) is 11.3. The predicted molar refractivity (Wildman–Crippen MR) is 114 cm³/mol. The SMILES string of the molecule is CC(C)c1ccc(C(NC(=O)CSCC(=O)N2CCCCC2)C(C)C)cc1. The smallest absolute Gasteiger partial charge is 0.232 e. The van der Waals surface area contributed by atoms with E-state index in [2.05, 4.69) is 57.3 Å². The molecule has 1 unspecified atom stereocenters. The van der Waals surface area contributed by atoms with Crippen LogP contribution in [-0.2, 0) is 9.59 Å². The maximum absolute atomic E-state index is 12.4. The molecule has 0 bridgehead atoms. The minimum absolute atomic E-state index is 0.00178. The van der Waals surface area contributed by atoms with Crippen LogP contribution < -0.4 is 5.32 Å². The fraction of sp³-hybridized carbons (Fsp3) is 0.636. The number of nitrogens with one attached hydrogen (secondary N) is 1. The first kappa shape index (κ1) is 21.8. The van der Waals surface area contributed by atoms with E-state index in [4.69, 9.17) is 0 Å². The highest BCUT2D eigenvalue weighted by molar-refractivity contribution is 8.00. The van der Waals surface area contributed by atoms with Crippen LogP contribution in [-0.4, -0.2) is 41.3 Å². The van der Waals surface area contributed by atoms with E-state index in [1.165, 1.54) is 23.7 Å². The molecule has 1 N–H and O–H groups in total. The third-order valence-corrected chi connectivity index (χ3v) is 6.03. The van der Waals surface area contributed by atoms with Gasteiger partial charge in [0.2, 0.25) is 11.8 Å². The van der Waals surface area contributed by atoms with Crippen molar-refractivity contribution in [2.45, 2.75) is 58.9 Å². The van der Waals surface area contributed by atoms with E-state index >= 15 is 0 Å². The lowest BCUT2D eigenvalue weighted by molar-refractivity contribution is -0.129. The highest BCUT2D eigenvalue weighted by atomic mass is 32.2. The Labute approximate surface area is 168 Å². The van der Waals surface area contributed by atoms with Crippen molar-refractivity contribution in [3.8, 4) is 0 Å². The molecular formula is C22H34N2O2S. The van der Waals surface area contributed by atoms with Gasteiger partial charge in [0, 0.05) is 13.1 Å². The number of thioether (sulfide) groups is 1. The van der Waals surface area contributed by atoms with Crippen LogP contribution in [0.1, 0.15) is 70.0 Å². The summed E-state index contributed by atoms with van der Waals surface area (Å²) in [6.45, 7) is 10.3. The summed E-state index contributed by atoms with van der Waals surface area (Å²) in [6, 6.07) is 8.53. The lowest BCUT2D eigenvalue weighted by atomic mass is 9.93. The number of rotatable bonds is 8. The Kier molecular flexibility index (Phi) is 8.68. The third kappa shape index (κ3) is 6.87. The van der Waals surface area contributed by atoms with Gasteiger partial charge in [-0.1, -0.05) is 52.0 Å². The zero-order chi connectivity index (χ0) is 19.8. The average Bonchev–Trinajstić information content (AvgIpc) is 2.66. The topological polar surface area (TPSA) is 49.4 Å². The summed E-state index contributed by atoms with van der Waals surface area (Å²) in [5.74, 6) is 1.68. The summed E-state index contributed by atoms with van der Waals surface area (Å²) in [5, 5.41) is 3.15. The van der Waals surface area contributed by atoms with Crippen molar-refractivity contribution in [3.05, 3.63) is 35.4 Å². The molecule has 4 nitrogen and oxygen atoms in total. The number of carbonyl (C=O) groups excluding carboxylic acids is 2. The van der Waals surface area contributed by atoms with Crippen molar-refractivity contribution >= 4 is 23.6 Å². The van der Waals surface area contributed by atoms with Crippen LogP contribution in [0.25, 0.3) is 0 Å². The van der Waals surface area contributed by atoms with Crippen LogP contribution in [0.5, 0.6) is 0 Å². The van der Waals surface area contributed by atoms with Crippen LogP contribution in [0.15, 0.2) is 24.3 Å². The van der Waals surface area contributed by atoms with Crippen molar-refractivity contribution in [1.29, 1.82) is 0 Å². The van der Waals surface area contributed by atoms with Gasteiger partial charge in [0.15, 0.2) is 0 Å². The zero-order valence-corrected chi connectivity index (χ0v) is 18.0. The standard InChI is InChI=1S/C22H34N2O2S/c1-16(2)18-8-10-19(11-9-18)22(17(3)4)23-20(25)14-27-15-21(26)24-12-6-5-7-13-24/h8-11,16-17,22H,5-7,12-15H2,1-4H3,(H,23,25). The Morgan fingerprint density at radius 2 is 1.56 bits per heavy atom. The minimum Gasteiger partial charge on any atom is -0.348 e. The largest absolute Gasteiger partial charge is 0.348 e. The van der Waals surface area contributed by atoms with Gasteiger partial charge < -0.3 is 10.2 Å². The second-order valence-corrected chi connectivity index (χ2v) is 9.03. The van der Waals surface area contributed by atoms with Crippen LogP contribution in [0, 0.1) is 5.92 Å². The van der Waals surface area contributed by atoms with E-state index in [1.54, 1.807) is 0 Å². The molecule has 2 rings (SSSR count). The van der Waals surface area contributed by atoms with Gasteiger partial charge >= 0.3 is 0 Å². The number of amides is 2. The second-order valence-electron chi connectivity index (χ2n) is 8.04. The molecular weight excluding hydrogens is 356 g/mol. The van der Waals surface area contributed by atoms with Gasteiger partial charge in [-0.05, 0) is 42.2 Å². The van der Waals surface area contributed by atoms with E-state index in [1.807, 2.05) is 4.90 Å². The van der Waals surface area contributed by atoms with Gasteiger partial charge in [0.05, 0.1) is 17.5 Å². The maximum Gasteiger partial charge on any atom is 0.232 e. The van der Waals surface area contributed by atoms with Gasteiger partial charge in [-0.2, -0.15) is 0 Å². The third-order valence-electron chi connectivity index (χ3n) is 5.11. The van der Waals surface area contributed by atoms with E-state index in [-0.39, 0.29) is 17.9 Å². The molecule has 1 heterocycles. The number of carbonyl (C=O) groups is 2. The normalized spacial score (nSPS) is 15.9. The molecule has 1 aromatic carbocycles. The molecule has 1 aliphatic heterocycles. The van der Waals surface area contributed by atoms with E-state index < -0.39 is 0 Å². The molecule has 1 saturated heterocycles. The highest BCUT2D eigenvalue weighted by Crippen LogP contribution is 2.24. The Bertz CT molecular complexity index is 607. The average molecular weight is 391 g/mol. The van der Waals surface area contributed by atoms with Crippen molar-refractivity contribution < 1.29 is 9.59 Å². The Morgan fingerprint density at radius 1 is 0.963 bits per heavy atom. The molecule has 0 aromatic heterocycles. The lowest BCUT2D eigenvalue weighted by Gasteiger charge is -2.26. The predicted octanol–water partition coefficient (Wildman–Crippen LogP) is 4.37. The van der Waals surface area contributed by atoms with E-state index in [0.717, 1.165) is 31.5 Å². The Morgan fingerprint density at radius 3 is 2.11 bits per heavy atom. The van der Waals surface area contributed by atoms with Gasteiger partial charge in [-0.25, -0.2) is 0 Å². The van der Waals surface area contributed by atoms with Gasteiger partial charge in [-0.15, -0.1) is 11.8 Å². The number of likely N-dealkylation sites (tertiary alicyclic amines) is 1. The number of hydrogen-bond acceptors (Lipinski definition) is 3. The molecule has 0 spiro atoms. The van der Waals surface area contributed by atoms with Crippen LogP contribution in [0.3, 0.4) is 0 Å². The Balaban J connectivity index is 1.82. The van der Waals surface area contributed by atoms with Crippen molar-refractivity contribution in [2.75, 3.05) is 24.6 Å². The van der Waals surface area contributed by atoms with E-state index in [0.29, 0.717) is 23.3 Å². The molecule has 2 amide bonds. The van der Waals surface area contributed by atoms with Gasteiger partial charge in [0.25, 0.3) is 0 Å². The van der Waals surface area contributed by atoms with Crippen molar-refractivity contribution in [1.82, 2.24) is 10.2 Å². The quantitative estimate of drug-likeness (QED) is 0.717. The maximum atomic E-state index is 12.4. The Hall–Kier alpha value is -1.49. The van der Waals surface area contributed by atoms with Crippen LogP contribution in [0.4, 0.5) is 0 Å². The molecule has 0 radical (unpaired) electrons. The summed E-state index contributed by atoms with van der Waals surface area (Å²) < 4.78 is 0. The summed E-state index contributed by atoms with van der Waals surface area (Å²) in [5.41, 5.74) is 2.44. The number of piperidine rings is 1. The molecule has 27 heavy (non-hydrogen) atoms. The van der Waals surface area contributed by atoms with Crippen molar-refractivity contribution in [3.63, 3.8) is 0 Å². The fourth-order valence-corrected chi connectivity index (χ4v) is 4.13. The molecule has 5 heteroatoms. The molecule has 1 fully saturated rings. The zero-order valence-electron chi connectivity index (χ0n) is 17.2. The fourth-order valence-electron chi connectivity index (χ4n) is 3.40.